The molecule has 0 spiro atoms. The molecule has 0 bridgehead atoms. The Kier molecular flexibility index (Phi) is 5.29. The molecule has 6 nitrogen and oxygen atoms in total. The van der Waals surface area contributed by atoms with Crippen LogP contribution in [-0.2, 0) is 4.79 Å². The van der Waals surface area contributed by atoms with Gasteiger partial charge in [0.25, 0.3) is 0 Å². The number of H-pyrrole nitrogens is 1. The number of hydrogen-bond acceptors (Lipinski definition) is 4. The van der Waals surface area contributed by atoms with Crippen LogP contribution in [0.3, 0.4) is 0 Å². The third kappa shape index (κ3) is 4.48. The first-order chi connectivity index (χ1) is 14.8. The molecule has 4 aromatic rings. The van der Waals surface area contributed by atoms with Gasteiger partial charge in [-0.05, 0) is 49.2 Å². The quantitative estimate of drug-likeness (QED) is 0.340. The number of hydrogen-bond donors (Lipinski definition) is 3. The molecule has 156 valence electrons. The van der Waals surface area contributed by atoms with Crippen molar-refractivity contribution in [3.05, 3.63) is 78.4 Å². The number of aromatic amines is 1. The average Bonchev–Trinajstić information content (AvgIpc) is 3.16. The molecule has 0 atom stereocenters. The smallest absolute Gasteiger partial charge is 0.309 e. The van der Waals surface area contributed by atoms with Gasteiger partial charge in [-0.3, -0.25) is 9.59 Å². The second-order valence-corrected chi connectivity index (χ2v) is 8.17. The summed E-state index contributed by atoms with van der Waals surface area (Å²) in [5.74, 6) is -0.473. The Labute approximate surface area is 180 Å². The van der Waals surface area contributed by atoms with Crippen LogP contribution < -0.4 is 5.32 Å². The number of Topliss-reactive ketones (excluding diaryl/α,β-unsaturated/α-hetero) is 1. The van der Waals surface area contributed by atoms with E-state index in [1.54, 1.807) is 26.0 Å². The Morgan fingerprint density at radius 1 is 0.935 bits per heavy atom. The van der Waals surface area contributed by atoms with Gasteiger partial charge in [-0.1, -0.05) is 48.5 Å². The Hall–Kier alpha value is -3.93. The lowest BCUT2D eigenvalue weighted by atomic mass is 9.85. The van der Waals surface area contributed by atoms with Gasteiger partial charge in [0, 0.05) is 17.7 Å². The van der Waals surface area contributed by atoms with Crippen LogP contribution in [0.1, 0.15) is 30.6 Å². The van der Waals surface area contributed by atoms with Crippen molar-refractivity contribution < 1.29 is 14.7 Å². The van der Waals surface area contributed by atoms with E-state index in [1.165, 1.54) is 0 Å². The van der Waals surface area contributed by atoms with Crippen molar-refractivity contribution in [3.8, 4) is 11.1 Å². The maximum absolute atomic E-state index is 12.4. The Morgan fingerprint density at radius 2 is 1.55 bits per heavy atom. The van der Waals surface area contributed by atoms with Gasteiger partial charge in [-0.25, -0.2) is 4.98 Å². The number of benzene rings is 3. The largest absolute Gasteiger partial charge is 0.481 e. The highest BCUT2D eigenvalue weighted by atomic mass is 16.4. The molecule has 4 rings (SSSR count). The molecular formula is C25H23N3O3. The minimum absolute atomic E-state index is 0.0379. The lowest BCUT2D eigenvalue weighted by Crippen LogP contribution is -2.26. The summed E-state index contributed by atoms with van der Waals surface area (Å²) in [4.78, 5) is 31.4. The summed E-state index contributed by atoms with van der Waals surface area (Å²) in [5.41, 5.74) is 4.21. The Bertz CT molecular complexity index is 1210. The fraction of sp³-hybridized carbons (Fsp3) is 0.160. The van der Waals surface area contributed by atoms with Gasteiger partial charge < -0.3 is 15.4 Å². The summed E-state index contributed by atoms with van der Waals surface area (Å²) in [6.07, 6.45) is -0.0379. The molecule has 3 N–H and O–H groups in total. The monoisotopic (exact) mass is 413 g/mol. The highest BCUT2D eigenvalue weighted by Crippen LogP contribution is 2.26. The van der Waals surface area contributed by atoms with Crippen molar-refractivity contribution in [1.82, 2.24) is 9.97 Å². The van der Waals surface area contributed by atoms with Crippen molar-refractivity contribution in [1.29, 1.82) is 0 Å². The number of imidazole rings is 1. The number of aliphatic carboxylic acids is 1. The third-order valence-electron chi connectivity index (χ3n) is 5.26. The molecule has 0 fully saturated rings. The molecule has 6 heteroatoms. The molecule has 0 aliphatic rings. The minimum Gasteiger partial charge on any atom is -0.481 e. The number of fused-ring (bicyclic) bond motifs is 1. The minimum atomic E-state index is -1.08. The number of rotatable bonds is 7. The highest BCUT2D eigenvalue weighted by molar-refractivity contribution is 5.99. The predicted molar refractivity (Wildman–Crippen MR) is 122 cm³/mol. The number of nitrogens with zero attached hydrogens (tertiary/aromatic N) is 1. The lowest BCUT2D eigenvalue weighted by Gasteiger charge is -2.17. The summed E-state index contributed by atoms with van der Waals surface area (Å²) >= 11 is 0. The van der Waals surface area contributed by atoms with Crippen LogP contribution in [0.15, 0.2) is 72.8 Å². The van der Waals surface area contributed by atoms with E-state index < -0.39 is 11.4 Å². The zero-order valence-corrected chi connectivity index (χ0v) is 17.3. The maximum atomic E-state index is 12.4. The van der Waals surface area contributed by atoms with E-state index >= 15 is 0 Å². The second kappa shape index (κ2) is 8.07. The number of carbonyl (C=O) groups is 2. The van der Waals surface area contributed by atoms with Crippen LogP contribution in [0.25, 0.3) is 22.2 Å². The first-order valence-corrected chi connectivity index (χ1v) is 10.0. The van der Waals surface area contributed by atoms with Crippen LogP contribution in [-0.4, -0.2) is 26.8 Å². The Morgan fingerprint density at radius 3 is 2.16 bits per heavy atom. The first kappa shape index (κ1) is 20.3. The van der Waals surface area contributed by atoms with Crippen LogP contribution in [0.5, 0.6) is 0 Å². The number of anilines is 2. The van der Waals surface area contributed by atoms with Gasteiger partial charge in [0.1, 0.15) is 0 Å². The van der Waals surface area contributed by atoms with Crippen molar-refractivity contribution in [3.63, 3.8) is 0 Å². The maximum Gasteiger partial charge on any atom is 0.309 e. The fourth-order valence-corrected chi connectivity index (χ4v) is 3.32. The van der Waals surface area contributed by atoms with E-state index in [2.05, 4.69) is 15.3 Å². The Balaban J connectivity index is 1.45. The van der Waals surface area contributed by atoms with E-state index in [1.807, 2.05) is 60.7 Å². The third-order valence-corrected chi connectivity index (χ3v) is 5.26. The normalized spacial score (nSPS) is 11.4. The molecule has 1 aromatic heterocycles. The van der Waals surface area contributed by atoms with Crippen LogP contribution in [0.4, 0.5) is 11.6 Å². The number of aromatic nitrogens is 2. The van der Waals surface area contributed by atoms with Gasteiger partial charge in [0.05, 0.1) is 16.4 Å². The molecule has 0 saturated heterocycles. The summed E-state index contributed by atoms with van der Waals surface area (Å²) in [5, 5.41) is 12.5. The number of para-hydroxylation sites is 2. The SMILES string of the molecule is CC(C)(CC(=O)c1ccc(-c2ccc(Nc3nc4ccccc4[nH]3)cc2)cc1)C(=O)O. The van der Waals surface area contributed by atoms with Crippen molar-refractivity contribution in [2.45, 2.75) is 20.3 Å². The molecule has 3 aromatic carbocycles. The molecule has 0 radical (unpaired) electrons. The molecule has 1 heterocycles. The molecule has 31 heavy (non-hydrogen) atoms. The fourth-order valence-electron chi connectivity index (χ4n) is 3.32. The van der Waals surface area contributed by atoms with Gasteiger partial charge in [-0.15, -0.1) is 0 Å². The van der Waals surface area contributed by atoms with E-state index in [9.17, 15) is 14.7 Å². The number of carboxylic acids is 1. The zero-order chi connectivity index (χ0) is 22.0. The molecule has 0 saturated carbocycles. The molecular weight excluding hydrogens is 390 g/mol. The predicted octanol–water partition coefficient (Wildman–Crippen LogP) is 5.66. The van der Waals surface area contributed by atoms with Gasteiger partial charge in [-0.2, -0.15) is 0 Å². The topological polar surface area (TPSA) is 95.1 Å². The van der Waals surface area contributed by atoms with E-state index in [0.29, 0.717) is 11.5 Å². The molecule has 0 amide bonds. The molecule has 0 unspecified atom stereocenters. The number of carboxylic acid groups (broad SMARTS) is 1. The van der Waals surface area contributed by atoms with E-state index in [0.717, 1.165) is 27.8 Å². The van der Waals surface area contributed by atoms with E-state index in [-0.39, 0.29) is 12.2 Å². The molecule has 0 aliphatic heterocycles. The number of ketones is 1. The number of carbonyl (C=O) groups excluding carboxylic acids is 1. The first-order valence-electron chi connectivity index (χ1n) is 10.0. The van der Waals surface area contributed by atoms with Crippen molar-refractivity contribution >= 4 is 34.4 Å². The summed E-state index contributed by atoms with van der Waals surface area (Å²) in [6, 6.07) is 23.0. The van der Waals surface area contributed by atoms with Gasteiger partial charge in [0.15, 0.2) is 5.78 Å². The lowest BCUT2D eigenvalue weighted by molar-refractivity contribution is -0.146. The second-order valence-electron chi connectivity index (χ2n) is 8.17. The van der Waals surface area contributed by atoms with Gasteiger partial charge in [0.2, 0.25) is 5.95 Å². The van der Waals surface area contributed by atoms with Crippen molar-refractivity contribution in [2.24, 2.45) is 5.41 Å². The zero-order valence-electron chi connectivity index (χ0n) is 17.3. The standard InChI is InChI=1S/C25H23N3O3/c1-25(2,23(30)31)15-22(29)18-9-7-16(8-10-18)17-11-13-19(14-12-17)26-24-27-20-5-3-4-6-21(20)28-24/h3-14H,15H2,1-2H3,(H,30,31)(H2,26,27,28). The van der Waals surface area contributed by atoms with Gasteiger partial charge >= 0.3 is 5.97 Å². The highest BCUT2D eigenvalue weighted by Gasteiger charge is 2.30. The van der Waals surface area contributed by atoms with Crippen LogP contribution >= 0.6 is 0 Å². The summed E-state index contributed by atoms with van der Waals surface area (Å²) in [7, 11) is 0. The molecule has 0 aliphatic carbocycles. The van der Waals surface area contributed by atoms with E-state index in [4.69, 9.17) is 0 Å². The van der Waals surface area contributed by atoms with Crippen molar-refractivity contribution in [2.75, 3.05) is 5.32 Å². The van der Waals surface area contributed by atoms with Crippen LogP contribution in [0, 0.1) is 5.41 Å². The summed E-state index contributed by atoms with van der Waals surface area (Å²) in [6.45, 7) is 3.12. The summed E-state index contributed by atoms with van der Waals surface area (Å²) < 4.78 is 0. The van der Waals surface area contributed by atoms with Crippen LogP contribution in [0.2, 0.25) is 0 Å². The number of nitrogens with one attached hydrogen (secondary N) is 2. The average molecular weight is 413 g/mol.